The minimum Gasteiger partial charge on any atom is -0.494 e. The Morgan fingerprint density at radius 1 is 1.07 bits per heavy atom. The number of likely N-dealkylation sites (tertiary alicyclic amines) is 1. The van der Waals surface area contributed by atoms with Gasteiger partial charge in [0.15, 0.2) is 5.78 Å². The van der Waals surface area contributed by atoms with E-state index in [0.717, 1.165) is 37.2 Å². The number of aromatic nitrogens is 1. The predicted molar refractivity (Wildman–Crippen MR) is 119 cm³/mol. The molecule has 1 saturated heterocycles. The first-order valence-corrected chi connectivity index (χ1v) is 11.3. The quantitative estimate of drug-likeness (QED) is 0.499. The number of carbonyl (C=O) groups excluding carboxylic acids is 2. The molecule has 0 saturated carbocycles. The van der Waals surface area contributed by atoms with Crippen molar-refractivity contribution in [3.05, 3.63) is 59.1 Å². The molecule has 0 N–H and O–H groups in total. The molecule has 3 aromatic rings. The molecule has 156 valence electrons. The van der Waals surface area contributed by atoms with Crippen LogP contribution < -0.4 is 4.74 Å². The Balaban J connectivity index is 1.26. The fraction of sp³-hybridized carbons (Fsp3) is 0.375. The standard InChI is InChI=1S/C24H26N2O3S/c1-2-29-19-9-7-17(8-10-19)21(27)11-12-23(28)26-15-13-18(14-16-26)24-25-20-5-3-4-6-22(20)30-24/h3-10,18H,2,11-16H2,1H3. The molecule has 0 bridgehead atoms. The van der Waals surface area contributed by atoms with E-state index in [0.29, 0.717) is 18.1 Å². The molecular weight excluding hydrogens is 396 g/mol. The molecule has 1 aromatic heterocycles. The van der Waals surface area contributed by atoms with Crippen LogP contribution in [0.4, 0.5) is 0 Å². The van der Waals surface area contributed by atoms with Gasteiger partial charge < -0.3 is 9.64 Å². The van der Waals surface area contributed by atoms with Gasteiger partial charge in [-0.25, -0.2) is 4.98 Å². The SMILES string of the molecule is CCOc1ccc(C(=O)CCC(=O)N2CCC(c3nc4ccccc4s3)CC2)cc1. The van der Waals surface area contributed by atoms with Crippen LogP contribution in [0.2, 0.25) is 0 Å². The number of nitrogens with zero attached hydrogens (tertiary/aromatic N) is 2. The van der Waals surface area contributed by atoms with Gasteiger partial charge in [0.05, 0.1) is 21.8 Å². The molecule has 0 spiro atoms. The number of thiazole rings is 1. The van der Waals surface area contributed by atoms with Crippen molar-refractivity contribution in [3.63, 3.8) is 0 Å². The molecule has 1 fully saturated rings. The van der Waals surface area contributed by atoms with E-state index in [1.54, 1.807) is 35.6 Å². The molecular formula is C24H26N2O3S. The second-order valence-electron chi connectivity index (χ2n) is 7.56. The van der Waals surface area contributed by atoms with Gasteiger partial charge in [0.25, 0.3) is 0 Å². The van der Waals surface area contributed by atoms with Crippen LogP contribution in [0.15, 0.2) is 48.5 Å². The van der Waals surface area contributed by atoms with Gasteiger partial charge in [-0.1, -0.05) is 12.1 Å². The number of ether oxygens (including phenoxy) is 1. The molecule has 0 atom stereocenters. The summed E-state index contributed by atoms with van der Waals surface area (Å²) in [5.41, 5.74) is 1.68. The highest BCUT2D eigenvalue weighted by molar-refractivity contribution is 7.18. The van der Waals surface area contributed by atoms with Crippen molar-refractivity contribution in [2.75, 3.05) is 19.7 Å². The van der Waals surface area contributed by atoms with E-state index in [4.69, 9.17) is 9.72 Å². The van der Waals surface area contributed by atoms with E-state index in [2.05, 4.69) is 12.1 Å². The Bertz CT molecular complexity index is 987. The molecule has 30 heavy (non-hydrogen) atoms. The lowest BCUT2D eigenvalue weighted by molar-refractivity contribution is -0.132. The molecule has 2 aromatic carbocycles. The smallest absolute Gasteiger partial charge is 0.223 e. The summed E-state index contributed by atoms with van der Waals surface area (Å²) in [6.45, 7) is 3.98. The number of benzene rings is 2. The predicted octanol–water partition coefficient (Wildman–Crippen LogP) is 5.06. The Hall–Kier alpha value is -2.73. The molecule has 0 aliphatic carbocycles. The Labute approximate surface area is 180 Å². The first kappa shape index (κ1) is 20.5. The van der Waals surface area contributed by atoms with Crippen LogP contribution in [-0.4, -0.2) is 41.3 Å². The minimum atomic E-state index is -0.00393. The third-order valence-electron chi connectivity index (χ3n) is 5.56. The zero-order chi connectivity index (χ0) is 20.9. The maximum absolute atomic E-state index is 12.6. The number of Topliss-reactive ketones (excluding diaryl/α,β-unsaturated/α-hetero) is 1. The van der Waals surface area contributed by atoms with Crippen LogP contribution in [0.25, 0.3) is 10.2 Å². The summed E-state index contributed by atoms with van der Waals surface area (Å²) in [4.78, 5) is 31.7. The zero-order valence-corrected chi connectivity index (χ0v) is 18.0. The number of ketones is 1. The minimum absolute atomic E-state index is 0.00393. The van der Waals surface area contributed by atoms with Gasteiger partial charge in [0.1, 0.15) is 5.75 Å². The van der Waals surface area contributed by atoms with E-state index in [1.165, 1.54) is 9.71 Å². The van der Waals surface area contributed by atoms with Gasteiger partial charge in [-0.05, 0) is 56.2 Å². The van der Waals surface area contributed by atoms with Crippen LogP contribution in [-0.2, 0) is 4.79 Å². The molecule has 1 aliphatic heterocycles. The lowest BCUT2D eigenvalue weighted by Crippen LogP contribution is -2.38. The van der Waals surface area contributed by atoms with Gasteiger partial charge in [-0.3, -0.25) is 9.59 Å². The Morgan fingerprint density at radius 3 is 2.50 bits per heavy atom. The number of hydrogen-bond acceptors (Lipinski definition) is 5. The van der Waals surface area contributed by atoms with Gasteiger partial charge in [-0.15, -0.1) is 11.3 Å². The number of rotatable bonds is 7. The molecule has 0 unspecified atom stereocenters. The van der Waals surface area contributed by atoms with E-state index in [1.807, 2.05) is 24.0 Å². The summed E-state index contributed by atoms with van der Waals surface area (Å²) in [5, 5.41) is 1.17. The fourth-order valence-corrected chi connectivity index (χ4v) is 5.00. The molecule has 1 amide bonds. The number of fused-ring (bicyclic) bond motifs is 1. The van der Waals surface area contributed by atoms with Gasteiger partial charge in [0.2, 0.25) is 5.91 Å². The molecule has 6 heteroatoms. The molecule has 2 heterocycles. The lowest BCUT2D eigenvalue weighted by Gasteiger charge is -2.31. The van der Waals surface area contributed by atoms with E-state index in [9.17, 15) is 9.59 Å². The number of amides is 1. The second-order valence-corrected chi connectivity index (χ2v) is 8.62. The van der Waals surface area contributed by atoms with Crippen molar-refractivity contribution >= 4 is 33.2 Å². The van der Waals surface area contributed by atoms with E-state index in [-0.39, 0.29) is 24.5 Å². The monoisotopic (exact) mass is 422 g/mol. The van der Waals surface area contributed by atoms with Gasteiger partial charge >= 0.3 is 0 Å². The van der Waals surface area contributed by atoms with Gasteiger partial charge in [-0.2, -0.15) is 0 Å². The number of carbonyl (C=O) groups is 2. The van der Waals surface area contributed by atoms with Crippen molar-refractivity contribution in [3.8, 4) is 5.75 Å². The normalized spacial score (nSPS) is 14.8. The summed E-state index contributed by atoms with van der Waals surface area (Å²) in [7, 11) is 0. The fourth-order valence-electron chi connectivity index (χ4n) is 3.87. The average Bonchev–Trinajstić information content (AvgIpc) is 3.22. The van der Waals surface area contributed by atoms with Crippen molar-refractivity contribution < 1.29 is 14.3 Å². The maximum atomic E-state index is 12.6. The third-order valence-corrected chi connectivity index (χ3v) is 6.76. The third kappa shape index (κ3) is 4.70. The number of piperidine rings is 1. The number of para-hydroxylation sites is 1. The van der Waals surface area contributed by atoms with Crippen LogP contribution in [0.1, 0.15) is 53.9 Å². The Morgan fingerprint density at radius 2 is 1.80 bits per heavy atom. The molecule has 0 radical (unpaired) electrons. The zero-order valence-electron chi connectivity index (χ0n) is 17.2. The average molecular weight is 423 g/mol. The van der Waals surface area contributed by atoms with E-state index < -0.39 is 0 Å². The highest BCUT2D eigenvalue weighted by atomic mass is 32.1. The van der Waals surface area contributed by atoms with Gasteiger partial charge in [0, 0.05) is 37.4 Å². The van der Waals surface area contributed by atoms with Crippen molar-refractivity contribution in [1.82, 2.24) is 9.88 Å². The largest absolute Gasteiger partial charge is 0.494 e. The van der Waals surface area contributed by atoms with Crippen LogP contribution in [0.3, 0.4) is 0 Å². The highest BCUT2D eigenvalue weighted by Crippen LogP contribution is 2.34. The van der Waals surface area contributed by atoms with Crippen molar-refractivity contribution in [2.24, 2.45) is 0 Å². The van der Waals surface area contributed by atoms with Crippen molar-refractivity contribution in [2.45, 2.75) is 38.5 Å². The second kappa shape index (κ2) is 9.39. The van der Waals surface area contributed by atoms with Crippen LogP contribution >= 0.6 is 11.3 Å². The Kier molecular flexibility index (Phi) is 6.43. The number of hydrogen-bond donors (Lipinski definition) is 0. The summed E-state index contributed by atoms with van der Waals surface area (Å²) in [6.07, 6.45) is 2.36. The first-order chi connectivity index (χ1) is 14.6. The van der Waals surface area contributed by atoms with Crippen LogP contribution in [0.5, 0.6) is 5.75 Å². The van der Waals surface area contributed by atoms with E-state index >= 15 is 0 Å². The molecule has 5 nitrogen and oxygen atoms in total. The summed E-state index contributed by atoms with van der Waals surface area (Å²) in [6, 6.07) is 15.3. The summed E-state index contributed by atoms with van der Waals surface area (Å²) in [5.74, 6) is 1.23. The van der Waals surface area contributed by atoms with Crippen LogP contribution in [0, 0.1) is 0 Å². The topological polar surface area (TPSA) is 59.5 Å². The summed E-state index contributed by atoms with van der Waals surface area (Å²) < 4.78 is 6.62. The summed E-state index contributed by atoms with van der Waals surface area (Å²) >= 11 is 1.76. The maximum Gasteiger partial charge on any atom is 0.223 e. The first-order valence-electron chi connectivity index (χ1n) is 10.5. The molecule has 1 aliphatic rings. The molecule has 4 rings (SSSR count). The van der Waals surface area contributed by atoms with Crippen molar-refractivity contribution in [1.29, 1.82) is 0 Å². The lowest BCUT2D eigenvalue weighted by atomic mass is 9.97. The highest BCUT2D eigenvalue weighted by Gasteiger charge is 2.26.